The molecule has 0 aliphatic carbocycles. The Labute approximate surface area is 186 Å². The zero-order valence-electron chi connectivity index (χ0n) is 17.9. The number of aryl methyl sites for hydroxylation is 1. The van der Waals surface area contributed by atoms with E-state index in [1.807, 2.05) is 36.6 Å². The van der Waals surface area contributed by atoms with E-state index in [0.717, 1.165) is 39.2 Å². The molecule has 2 N–H and O–H groups in total. The van der Waals surface area contributed by atoms with Crippen LogP contribution in [0.4, 0.5) is 0 Å². The van der Waals surface area contributed by atoms with E-state index in [1.165, 1.54) is 0 Å². The molecule has 6 nitrogen and oxygen atoms in total. The number of nitrogens with zero attached hydrogens (tertiary/aromatic N) is 1. The second-order valence-corrected chi connectivity index (χ2v) is 9.17. The topological polar surface area (TPSA) is 80.3 Å². The van der Waals surface area contributed by atoms with E-state index in [4.69, 9.17) is 4.74 Å². The molecule has 31 heavy (non-hydrogen) atoms. The molecular formula is C24H27N3O3S. The van der Waals surface area contributed by atoms with Gasteiger partial charge in [-0.05, 0) is 43.2 Å². The van der Waals surface area contributed by atoms with Crippen molar-refractivity contribution in [3.8, 4) is 5.75 Å². The first kappa shape index (κ1) is 21.3. The van der Waals surface area contributed by atoms with Crippen molar-refractivity contribution in [2.24, 2.45) is 0 Å². The Hall–Kier alpha value is -2.93. The summed E-state index contributed by atoms with van der Waals surface area (Å²) in [5, 5.41) is 11.3. The van der Waals surface area contributed by atoms with E-state index in [-0.39, 0.29) is 11.8 Å². The number of thiazole rings is 1. The Kier molecular flexibility index (Phi) is 6.23. The van der Waals surface area contributed by atoms with Crippen molar-refractivity contribution in [3.05, 3.63) is 58.0 Å². The monoisotopic (exact) mass is 437 g/mol. The number of aromatic nitrogens is 1. The first-order valence-corrected chi connectivity index (χ1v) is 11.4. The number of hydrogen-bond acceptors (Lipinski definition) is 5. The van der Waals surface area contributed by atoms with E-state index >= 15 is 0 Å². The van der Waals surface area contributed by atoms with Crippen LogP contribution in [0.15, 0.2) is 41.8 Å². The first-order chi connectivity index (χ1) is 15.0. The summed E-state index contributed by atoms with van der Waals surface area (Å²) in [6.45, 7) is 2.39. The fourth-order valence-electron chi connectivity index (χ4n) is 4.33. The molecule has 2 aromatic carbocycles. The number of carbonyl (C=O) groups is 2. The molecule has 0 radical (unpaired) electrons. The molecule has 2 amide bonds. The molecule has 2 heterocycles. The van der Waals surface area contributed by atoms with Gasteiger partial charge in [0.25, 0.3) is 0 Å². The van der Waals surface area contributed by atoms with Crippen LogP contribution >= 0.6 is 11.3 Å². The number of ether oxygens (including phenoxy) is 1. The lowest BCUT2D eigenvalue weighted by atomic mass is 9.83. The Morgan fingerprint density at radius 1 is 1.26 bits per heavy atom. The van der Waals surface area contributed by atoms with E-state index in [0.29, 0.717) is 32.2 Å². The molecule has 4 rings (SSSR count). The van der Waals surface area contributed by atoms with Gasteiger partial charge in [0.1, 0.15) is 5.75 Å². The molecule has 0 bridgehead atoms. The number of amides is 2. The maximum atomic E-state index is 12.5. The Morgan fingerprint density at radius 2 is 2.06 bits per heavy atom. The molecule has 162 valence electrons. The maximum Gasteiger partial charge on any atom is 0.220 e. The summed E-state index contributed by atoms with van der Waals surface area (Å²) in [4.78, 5) is 29.0. The third-order valence-electron chi connectivity index (χ3n) is 5.92. The number of nitrogens with one attached hydrogen (secondary N) is 2. The highest BCUT2D eigenvalue weighted by molar-refractivity contribution is 7.09. The maximum absolute atomic E-state index is 12.5. The van der Waals surface area contributed by atoms with Gasteiger partial charge in [-0.1, -0.05) is 30.3 Å². The van der Waals surface area contributed by atoms with Crippen LogP contribution in [0.25, 0.3) is 10.8 Å². The van der Waals surface area contributed by atoms with Crippen LogP contribution in [0, 0.1) is 6.92 Å². The first-order valence-electron chi connectivity index (χ1n) is 10.5. The van der Waals surface area contributed by atoms with Crippen LogP contribution in [0.1, 0.15) is 41.9 Å². The van der Waals surface area contributed by atoms with Crippen LogP contribution in [-0.2, 0) is 22.6 Å². The molecule has 1 saturated heterocycles. The number of fused-ring (bicyclic) bond motifs is 1. The lowest BCUT2D eigenvalue weighted by Crippen LogP contribution is -2.44. The number of carbonyl (C=O) groups excluding carboxylic acids is 2. The van der Waals surface area contributed by atoms with Crippen LogP contribution < -0.4 is 15.4 Å². The number of methoxy groups -OCH3 is 1. The number of hydrogen-bond donors (Lipinski definition) is 2. The molecule has 0 spiro atoms. The third kappa shape index (κ3) is 4.88. The average Bonchev–Trinajstić information content (AvgIpc) is 3.36. The summed E-state index contributed by atoms with van der Waals surface area (Å²) in [6, 6.07) is 12.2. The van der Waals surface area contributed by atoms with Gasteiger partial charge in [-0.3, -0.25) is 9.59 Å². The summed E-state index contributed by atoms with van der Waals surface area (Å²) in [5.74, 6) is 0.863. The van der Waals surface area contributed by atoms with Gasteiger partial charge >= 0.3 is 0 Å². The van der Waals surface area contributed by atoms with Gasteiger partial charge in [0, 0.05) is 29.1 Å². The van der Waals surface area contributed by atoms with Crippen LogP contribution in [0.2, 0.25) is 0 Å². The summed E-state index contributed by atoms with van der Waals surface area (Å²) in [7, 11) is 1.67. The van der Waals surface area contributed by atoms with E-state index < -0.39 is 5.54 Å². The molecule has 1 unspecified atom stereocenters. The van der Waals surface area contributed by atoms with Crippen LogP contribution in [-0.4, -0.2) is 29.4 Å². The molecule has 7 heteroatoms. The van der Waals surface area contributed by atoms with Crippen LogP contribution in [0.5, 0.6) is 5.75 Å². The SMILES string of the molecule is COc1ccc(CC2(CCC(=O)NCc3csc(C)n3)CCC(=O)N2)c2ccccc12. The summed E-state index contributed by atoms with van der Waals surface area (Å²) >= 11 is 1.58. The van der Waals surface area contributed by atoms with E-state index in [1.54, 1.807) is 18.4 Å². The van der Waals surface area contributed by atoms with Crippen molar-refractivity contribution in [2.45, 2.75) is 51.1 Å². The fraction of sp³-hybridized carbons (Fsp3) is 0.375. The fourth-order valence-corrected chi connectivity index (χ4v) is 4.94. The molecule has 1 aliphatic heterocycles. The molecule has 1 aliphatic rings. The lowest BCUT2D eigenvalue weighted by molar-refractivity contribution is -0.122. The van der Waals surface area contributed by atoms with Crippen molar-refractivity contribution >= 4 is 33.9 Å². The van der Waals surface area contributed by atoms with Crippen molar-refractivity contribution in [1.29, 1.82) is 0 Å². The van der Waals surface area contributed by atoms with Crippen molar-refractivity contribution < 1.29 is 14.3 Å². The normalized spacial score (nSPS) is 18.2. The van der Waals surface area contributed by atoms with E-state index in [9.17, 15) is 9.59 Å². The summed E-state index contributed by atoms with van der Waals surface area (Å²) < 4.78 is 5.51. The van der Waals surface area contributed by atoms with Gasteiger partial charge < -0.3 is 15.4 Å². The highest BCUT2D eigenvalue weighted by Gasteiger charge is 2.38. The average molecular weight is 438 g/mol. The van der Waals surface area contributed by atoms with Crippen LogP contribution in [0.3, 0.4) is 0 Å². The van der Waals surface area contributed by atoms with E-state index in [2.05, 4.69) is 27.8 Å². The second-order valence-electron chi connectivity index (χ2n) is 8.11. The summed E-state index contributed by atoms with van der Waals surface area (Å²) in [6.07, 6.45) is 2.86. The minimum absolute atomic E-state index is 0.0224. The van der Waals surface area contributed by atoms with Gasteiger partial charge in [-0.2, -0.15) is 0 Å². The van der Waals surface area contributed by atoms with Gasteiger partial charge in [0.15, 0.2) is 0 Å². The molecule has 0 saturated carbocycles. The molecular weight excluding hydrogens is 410 g/mol. The summed E-state index contributed by atoms with van der Waals surface area (Å²) in [5.41, 5.74) is 1.62. The van der Waals surface area contributed by atoms with Gasteiger partial charge in [0.2, 0.25) is 11.8 Å². The highest BCUT2D eigenvalue weighted by atomic mass is 32.1. The van der Waals surface area contributed by atoms with Gasteiger partial charge in [-0.15, -0.1) is 11.3 Å². The lowest BCUT2D eigenvalue weighted by Gasteiger charge is -2.30. The van der Waals surface area contributed by atoms with Crippen molar-refractivity contribution in [1.82, 2.24) is 15.6 Å². The van der Waals surface area contributed by atoms with Gasteiger partial charge in [-0.25, -0.2) is 4.98 Å². The molecule has 3 aromatic rings. The Bertz CT molecular complexity index is 1110. The largest absolute Gasteiger partial charge is 0.496 e. The smallest absolute Gasteiger partial charge is 0.220 e. The minimum atomic E-state index is -0.414. The zero-order valence-corrected chi connectivity index (χ0v) is 18.7. The third-order valence-corrected chi connectivity index (χ3v) is 6.74. The zero-order chi connectivity index (χ0) is 21.8. The number of benzene rings is 2. The predicted molar refractivity (Wildman–Crippen MR) is 122 cm³/mol. The number of rotatable bonds is 8. The van der Waals surface area contributed by atoms with Crippen molar-refractivity contribution in [3.63, 3.8) is 0 Å². The standard InChI is InChI=1S/C24H27N3O3S/c1-16-26-18(15-31-16)14-25-22(28)9-11-24(12-10-23(29)27-24)13-17-7-8-21(30-2)20-6-4-3-5-19(17)20/h3-8,15H,9-14H2,1-2H3,(H,25,28)(H,27,29). The minimum Gasteiger partial charge on any atom is -0.496 e. The quantitative estimate of drug-likeness (QED) is 0.560. The Morgan fingerprint density at radius 3 is 2.74 bits per heavy atom. The molecule has 1 aromatic heterocycles. The molecule has 1 fully saturated rings. The molecule has 1 atom stereocenters. The second kappa shape index (κ2) is 9.06. The highest BCUT2D eigenvalue weighted by Crippen LogP contribution is 2.34. The van der Waals surface area contributed by atoms with Gasteiger partial charge in [0.05, 0.1) is 24.4 Å². The predicted octanol–water partition coefficient (Wildman–Crippen LogP) is 3.90. The Balaban J connectivity index is 1.48. The van der Waals surface area contributed by atoms with Crippen molar-refractivity contribution in [2.75, 3.05) is 7.11 Å².